The van der Waals surface area contributed by atoms with Gasteiger partial charge in [-0.25, -0.2) is 10.4 Å². The molecule has 0 bridgehead atoms. The maximum Gasteiger partial charge on any atom is 0.280 e. The highest BCUT2D eigenvalue weighted by atomic mass is 16.6. The van der Waals surface area contributed by atoms with E-state index in [2.05, 4.69) is 20.7 Å². The van der Waals surface area contributed by atoms with E-state index in [1.165, 1.54) is 6.21 Å². The summed E-state index contributed by atoms with van der Waals surface area (Å²) in [6.07, 6.45) is 1.50. The summed E-state index contributed by atoms with van der Waals surface area (Å²) in [6, 6.07) is 17.4. The molecule has 0 aliphatic heterocycles. The Balaban J connectivity index is 1.52. The number of carbonyl (C=O) groups is 1. The van der Waals surface area contributed by atoms with E-state index < -0.39 is 5.91 Å². The van der Waals surface area contributed by atoms with E-state index in [0.717, 1.165) is 16.6 Å². The first-order valence-corrected chi connectivity index (χ1v) is 8.10. The van der Waals surface area contributed by atoms with Gasteiger partial charge in [0.1, 0.15) is 0 Å². The van der Waals surface area contributed by atoms with Crippen molar-refractivity contribution in [2.45, 2.75) is 6.92 Å². The minimum Gasteiger partial charge on any atom is -0.385 e. The molecule has 3 aromatic rings. The largest absolute Gasteiger partial charge is 0.385 e. The Morgan fingerprint density at radius 1 is 1.19 bits per heavy atom. The minimum absolute atomic E-state index is 0.218. The zero-order valence-corrected chi connectivity index (χ0v) is 14.6. The number of amides is 1. The van der Waals surface area contributed by atoms with Crippen LogP contribution in [0.15, 0.2) is 64.9 Å². The zero-order valence-electron chi connectivity index (χ0n) is 14.6. The van der Waals surface area contributed by atoms with E-state index in [-0.39, 0.29) is 6.61 Å². The molecule has 0 radical (unpaired) electrons. The summed E-state index contributed by atoms with van der Waals surface area (Å²) >= 11 is 0. The Labute approximate surface area is 151 Å². The van der Waals surface area contributed by atoms with E-state index >= 15 is 0 Å². The number of aromatic nitrogens is 2. The Morgan fingerprint density at radius 2 is 1.92 bits per heavy atom. The summed E-state index contributed by atoms with van der Waals surface area (Å²) < 4.78 is 1.90. The Morgan fingerprint density at radius 3 is 2.69 bits per heavy atom. The summed E-state index contributed by atoms with van der Waals surface area (Å²) in [4.78, 5) is 21.3. The fourth-order valence-corrected chi connectivity index (χ4v) is 2.39. The third-order valence-electron chi connectivity index (χ3n) is 3.78. The normalized spacial score (nSPS) is 11.8. The summed E-state index contributed by atoms with van der Waals surface area (Å²) in [5, 5.41) is 7.85. The van der Waals surface area contributed by atoms with Gasteiger partial charge in [-0.05, 0) is 24.6 Å². The number of imidazole rings is 1. The molecule has 0 unspecified atom stereocenters. The van der Waals surface area contributed by atoms with Crippen molar-refractivity contribution < 1.29 is 9.63 Å². The van der Waals surface area contributed by atoms with Crippen LogP contribution < -0.4 is 5.43 Å². The molecular formula is C19H19N5O2. The van der Waals surface area contributed by atoms with Crippen molar-refractivity contribution in [1.82, 2.24) is 15.0 Å². The van der Waals surface area contributed by atoms with Gasteiger partial charge in [-0.2, -0.15) is 5.10 Å². The molecule has 3 rings (SSSR count). The molecule has 0 atom stereocenters. The summed E-state index contributed by atoms with van der Waals surface area (Å²) in [6.45, 7) is 1.60. The SMILES string of the molecule is CC(=NOCC(=O)NN=Cc1nc2ccccc2n1C)c1ccccc1. The molecule has 1 N–H and O–H groups in total. The lowest BCUT2D eigenvalue weighted by molar-refractivity contribution is -0.125. The number of nitrogens with one attached hydrogen (secondary N) is 1. The monoisotopic (exact) mass is 349 g/mol. The molecule has 1 heterocycles. The van der Waals surface area contributed by atoms with Gasteiger partial charge in [-0.15, -0.1) is 0 Å². The second-order valence-electron chi connectivity index (χ2n) is 5.63. The van der Waals surface area contributed by atoms with Gasteiger partial charge in [0.15, 0.2) is 12.4 Å². The van der Waals surface area contributed by atoms with Crippen LogP contribution in [0.25, 0.3) is 11.0 Å². The molecule has 0 saturated heterocycles. The predicted octanol–water partition coefficient (Wildman–Crippen LogP) is 2.46. The smallest absolute Gasteiger partial charge is 0.280 e. The summed E-state index contributed by atoms with van der Waals surface area (Å²) in [5.74, 6) is 0.245. The van der Waals surface area contributed by atoms with E-state index in [4.69, 9.17) is 4.84 Å². The average Bonchev–Trinajstić information content (AvgIpc) is 2.98. The highest BCUT2D eigenvalue weighted by Gasteiger charge is 2.05. The van der Waals surface area contributed by atoms with Gasteiger partial charge in [0.25, 0.3) is 5.91 Å². The standard InChI is InChI=1S/C19H19N5O2/c1-14(15-8-4-3-5-9-15)23-26-13-19(25)22-20-12-18-21-16-10-6-7-11-17(16)24(18)2/h3-12H,13H2,1-2H3,(H,22,25). The van der Waals surface area contributed by atoms with Crippen LogP contribution in [0.5, 0.6) is 0 Å². The van der Waals surface area contributed by atoms with Crippen LogP contribution in [0.3, 0.4) is 0 Å². The quantitative estimate of drug-likeness (QED) is 0.548. The van der Waals surface area contributed by atoms with Crippen molar-refractivity contribution in [2.75, 3.05) is 6.61 Å². The Hall–Kier alpha value is -3.48. The van der Waals surface area contributed by atoms with Gasteiger partial charge in [-0.1, -0.05) is 47.6 Å². The van der Waals surface area contributed by atoms with Crippen molar-refractivity contribution >= 4 is 28.9 Å². The number of para-hydroxylation sites is 2. The number of rotatable bonds is 6. The minimum atomic E-state index is -0.398. The van der Waals surface area contributed by atoms with Crippen LogP contribution in [0.4, 0.5) is 0 Å². The summed E-state index contributed by atoms with van der Waals surface area (Å²) in [5.41, 5.74) is 5.90. The average molecular weight is 349 g/mol. The van der Waals surface area contributed by atoms with Gasteiger partial charge in [0.2, 0.25) is 0 Å². The maximum atomic E-state index is 11.8. The zero-order chi connectivity index (χ0) is 18.4. The van der Waals surface area contributed by atoms with Crippen LogP contribution in [0.2, 0.25) is 0 Å². The van der Waals surface area contributed by atoms with Crippen molar-refractivity contribution in [2.24, 2.45) is 17.3 Å². The molecule has 1 aromatic heterocycles. The fourth-order valence-electron chi connectivity index (χ4n) is 2.39. The highest BCUT2D eigenvalue weighted by Crippen LogP contribution is 2.12. The van der Waals surface area contributed by atoms with Crippen molar-refractivity contribution in [3.63, 3.8) is 0 Å². The molecule has 2 aromatic carbocycles. The fraction of sp³-hybridized carbons (Fsp3) is 0.158. The van der Waals surface area contributed by atoms with Crippen molar-refractivity contribution in [1.29, 1.82) is 0 Å². The van der Waals surface area contributed by atoms with Gasteiger partial charge in [-0.3, -0.25) is 4.79 Å². The molecule has 26 heavy (non-hydrogen) atoms. The van der Waals surface area contributed by atoms with Crippen LogP contribution >= 0.6 is 0 Å². The van der Waals surface area contributed by atoms with Gasteiger partial charge in [0, 0.05) is 7.05 Å². The first kappa shape index (κ1) is 17.3. The second kappa shape index (κ2) is 8.06. The first-order chi connectivity index (χ1) is 12.6. The predicted molar refractivity (Wildman–Crippen MR) is 101 cm³/mol. The first-order valence-electron chi connectivity index (χ1n) is 8.10. The topological polar surface area (TPSA) is 80.9 Å². The van der Waals surface area contributed by atoms with Crippen molar-refractivity contribution in [3.05, 3.63) is 66.0 Å². The van der Waals surface area contributed by atoms with Gasteiger partial charge >= 0.3 is 0 Å². The molecule has 0 aliphatic rings. The van der Waals surface area contributed by atoms with Crippen LogP contribution in [-0.2, 0) is 16.7 Å². The third-order valence-corrected chi connectivity index (χ3v) is 3.78. The number of fused-ring (bicyclic) bond motifs is 1. The van der Waals surface area contributed by atoms with Gasteiger partial charge < -0.3 is 9.40 Å². The molecule has 0 fully saturated rings. The number of hydrogen-bond donors (Lipinski definition) is 1. The Kier molecular flexibility index (Phi) is 5.38. The van der Waals surface area contributed by atoms with E-state index in [9.17, 15) is 4.79 Å². The van der Waals surface area contributed by atoms with Crippen LogP contribution in [0.1, 0.15) is 18.3 Å². The number of nitrogens with zero attached hydrogens (tertiary/aromatic N) is 4. The number of carbonyl (C=O) groups excluding carboxylic acids is 1. The lowest BCUT2D eigenvalue weighted by atomic mass is 10.1. The molecule has 132 valence electrons. The van der Waals surface area contributed by atoms with Gasteiger partial charge in [0.05, 0.1) is 23.0 Å². The number of benzene rings is 2. The van der Waals surface area contributed by atoms with E-state index in [0.29, 0.717) is 11.5 Å². The molecule has 0 aliphatic carbocycles. The van der Waals surface area contributed by atoms with Crippen LogP contribution in [0, 0.1) is 0 Å². The molecular weight excluding hydrogens is 330 g/mol. The molecule has 7 heteroatoms. The third kappa shape index (κ3) is 4.13. The second-order valence-corrected chi connectivity index (χ2v) is 5.63. The number of hydrazone groups is 1. The Bertz CT molecular complexity index is 960. The molecule has 0 spiro atoms. The molecule has 7 nitrogen and oxygen atoms in total. The lowest BCUT2D eigenvalue weighted by Crippen LogP contribution is -2.22. The number of oxime groups is 1. The number of hydrogen-bond acceptors (Lipinski definition) is 5. The van der Waals surface area contributed by atoms with E-state index in [1.54, 1.807) is 0 Å². The lowest BCUT2D eigenvalue weighted by Gasteiger charge is -2.02. The highest BCUT2D eigenvalue weighted by molar-refractivity contribution is 5.98. The maximum absolute atomic E-state index is 11.8. The van der Waals surface area contributed by atoms with Crippen molar-refractivity contribution in [3.8, 4) is 0 Å². The van der Waals surface area contributed by atoms with Crippen LogP contribution in [-0.4, -0.2) is 34.0 Å². The molecule has 1 amide bonds. The summed E-state index contributed by atoms with van der Waals surface area (Å²) in [7, 11) is 1.89. The number of aryl methyl sites for hydroxylation is 1. The molecule has 0 saturated carbocycles. The van der Waals surface area contributed by atoms with E-state index in [1.807, 2.05) is 73.1 Å².